The Hall–Kier alpha value is -0.260. The van der Waals surface area contributed by atoms with Gasteiger partial charge in [0, 0.05) is 18.4 Å². The standard InChI is InChI=1S/C11H12BrClF3N/c12-4-5-17(7-10(15)16)6-8-2-1-3-9(14)11(8)13/h1-3,10H,4-7H2. The monoisotopic (exact) mass is 329 g/mol. The fourth-order valence-corrected chi connectivity index (χ4v) is 2.15. The molecule has 0 heterocycles. The van der Waals surface area contributed by atoms with Gasteiger partial charge in [-0.2, -0.15) is 0 Å². The highest BCUT2D eigenvalue weighted by Crippen LogP contribution is 2.21. The maximum Gasteiger partial charge on any atom is 0.251 e. The lowest BCUT2D eigenvalue weighted by Gasteiger charge is -2.21. The maximum absolute atomic E-state index is 13.2. The van der Waals surface area contributed by atoms with Gasteiger partial charge in [-0.25, -0.2) is 13.2 Å². The second kappa shape index (κ2) is 7.24. The Morgan fingerprint density at radius 2 is 2.06 bits per heavy atom. The second-order valence-corrected chi connectivity index (χ2v) is 4.70. The molecule has 0 amide bonds. The van der Waals surface area contributed by atoms with E-state index < -0.39 is 12.2 Å². The predicted octanol–water partition coefficient (Wildman–Crippen LogP) is 3.94. The fourth-order valence-electron chi connectivity index (χ4n) is 1.46. The van der Waals surface area contributed by atoms with Crippen molar-refractivity contribution in [3.05, 3.63) is 34.6 Å². The van der Waals surface area contributed by atoms with E-state index in [4.69, 9.17) is 11.6 Å². The van der Waals surface area contributed by atoms with Crippen molar-refractivity contribution in [1.29, 1.82) is 0 Å². The number of alkyl halides is 3. The molecule has 1 aromatic carbocycles. The second-order valence-electron chi connectivity index (χ2n) is 3.53. The first-order valence-electron chi connectivity index (χ1n) is 5.04. The van der Waals surface area contributed by atoms with Crippen LogP contribution in [-0.2, 0) is 6.54 Å². The molecule has 0 saturated carbocycles. The quantitative estimate of drug-likeness (QED) is 0.714. The molecule has 1 rings (SSSR count). The number of rotatable bonds is 6. The van der Waals surface area contributed by atoms with Crippen LogP contribution in [0.15, 0.2) is 18.2 Å². The van der Waals surface area contributed by atoms with E-state index in [1.807, 2.05) is 0 Å². The van der Waals surface area contributed by atoms with Crippen molar-refractivity contribution >= 4 is 27.5 Å². The molecule has 0 aliphatic rings. The summed E-state index contributed by atoms with van der Waals surface area (Å²) in [7, 11) is 0. The summed E-state index contributed by atoms with van der Waals surface area (Å²) in [6.45, 7) is 0.322. The van der Waals surface area contributed by atoms with Crippen molar-refractivity contribution in [3.8, 4) is 0 Å². The summed E-state index contributed by atoms with van der Waals surface area (Å²) in [6.07, 6.45) is -2.42. The van der Waals surface area contributed by atoms with Gasteiger partial charge in [0.2, 0.25) is 0 Å². The van der Waals surface area contributed by atoms with Crippen molar-refractivity contribution in [1.82, 2.24) is 4.90 Å². The molecule has 0 unspecified atom stereocenters. The van der Waals surface area contributed by atoms with E-state index in [0.717, 1.165) is 0 Å². The van der Waals surface area contributed by atoms with Crippen LogP contribution in [0.1, 0.15) is 5.56 Å². The van der Waals surface area contributed by atoms with Crippen LogP contribution in [-0.4, -0.2) is 29.7 Å². The van der Waals surface area contributed by atoms with Crippen LogP contribution in [0.25, 0.3) is 0 Å². The molecule has 0 spiro atoms. The Morgan fingerprint density at radius 1 is 1.35 bits per heavy atom. The van der Waals surface area contributed by atoms with E-state index in [9.17, 15) is 13.2 Å². The SMILES string of the molecule is Fc1cccc(CN(CCBr)CC(F)F)c1Cl. The number of halogens is 5. The molecule has 96 valence electrons. The summed E-state index contributed by atoms with van der Waals surface area (Å²) in [5.74, 6) is -0.528. The van der Waals surface area contributed by atoms with Crippen molar-refractivity contribution in [2.75, 3.05) is 18.4 Å². The van der Waals surface area contributed by atoms with Gasteiger partial charge in [0.15, 0.2) is 0 Å². The topological polar surface area (TPSA) is 3.24 Å². The molecule has 0 saturated heterocycles. The summed E-state index contributed by atoms with van der Waals surface area (Å²) < 4.78 is 37.8. The zero-order valence-corrected chi connectivity index (χ0v) is 11.3. The Labute approximate surface area is 112 Å². The molecule has 0 aromatic heterocycles. The van der Waals surface area contributed by atoms with Crippen molar-refractivity contribution in [2.45, 2.75) is 13.0 Å². The van der Waals surface area contributed by atoms with Gasteiger partial charge in [-0.3, -0.25) is 4.90 Å². The normalized spacial score (nSPS) is 11.5. The van der Waals surface area contributed by atoms with E-state index in [-0.39, 0.29) is 18.1 Å². The summed E-state index contributed by atoms with van der Waals surface area (Å²) >= 11 is 8.97. The molecule has 0 aliphatic heterocycles. The van der Waals surface area contributed by atoms with Gasteiger partial charge < -0.3 is 0 Å². The van der Waals surface area contributed by atoms with Crippen molar-refractivity contribution < 1.29 is 13.2 Å². The highest BCUT2D eigenvalue weighted by molar-refractivity contribution is 9.09. The van der Waals surface area contributed by atoms with Crippen LogP contribution in [0.3, 0.4) is 0 Å². The molecule has 0 bridgehead atoms. The molecule has 17 heavy (non-hydrogen) atoms. The molecule has 0 fully saturated rings. The molecule has 1 aromatic rings. The third-order valence-corrected chi connectivity index (χ3v) is 3.00. The summed E-state index contributed by atoms with van der Waals surface area (Å²) in [6, 6.07) is 4.40. The Balaban J connectivity index is 2.74. The minimum Gasteiger partial charge on any atom is -0.293 e. The molecular formula is C11H12BrClF3N. The first kappa shape index (κ1) is 14.8. The number of hydrogen-bond donors (Lipinski definition) is 0. The molecule has 6 heteroatoms. The lowest BCUT2D eigenvalue weighted by atomic mass is 10.2. The van der Waals surface area contributed by atoms with E-state index in [1.54, 1.807) is 6.07 Å². The average molecular weight is 331 g/mol. The van der Waals surface area contributed by atoms with E-state index in [1.165, 1.54) is 17.0 Å². The van der Waals surface area contributed by atoms with Crippen molar-refractivity contribution in [2.24, 2.45) is 0 Å². The smallest absolute Gasteiger partial charge is 0.251 e. The fraction of sp³-hybridized carbons (Fsp3) is 0.455. The van der Waals surface area contributed by atoms with Crippen LogP contribution >= 0.6 is 27.5 Å². The van der Waals surface area contributed by atoms with Gasteiger partial charge in [-0.1, -0.05) is 39.7 Å². The Kier molecular flexibility index (Phi) is 6.30. The lowest BCUT2D eigenvalue weighted by molar-refractivity contribution is 0.0881. The molecule has 1 nitrogen and oxygen atoms in total. The molecule has 0 aliphatic carbocycles. The lowest BCUT2D eigenvalue weighted by Crippen LogP contribution is -2.30. The predicted molar refractivity (Wildman–Crippen MR) is 66.5 cm³/mol. The third kappa shape index (κ3) is 4.85. The summed E-state index contributed by atoms with van der Waals surface area (Å²) in [5, 5.41) is 0.577. The van der Waals surface area contributed by atoms with Gasteiger partial charge in [0.1, 0.15) is 5.82 Å². The third-order valence-electron chi connectivity index (χ3n) is 2.22. The van der Waals surface area contributed by atoms with Crippen LogP contribution in [0, 0.1) is 5.82 Å². The molecule has 0 N–H and O–H groups in total. The molecule has 0 radical (unpaired) electrons. The van der Waals surface area contributed by atoms with Gasteiger partial charge in [0.05, 0.1) is 11.6 Å². The molecule has 0 atom stereocenters. The number of benzene rings is 1. The van der Waals surface area contributed by atoms with E-state index >= 15 is 0 Å². The highest BCUT2D eigenvalue weighted by atomic mass is 79.9. The highest BCUT2D eigenvalue weighted by Gasteiger charge is 2.14. The Bertz CT molecular complexity index is 363. The van der Waals surface area contributed by atoms with Crippen LogP contribution in [0.2, 0.25) is 5.02 Å². The zero-order chi connectivity index (χ0) is 12.8. The largest absolute Gasteiger partial charge is 0.293 e. The molecular weight excluding hydrogens is 318 g/mol. The van der Waals surface area contributed by atoms with Crippen LogP contribution in [0.5, 0.6) is 0 Å². The summed E-state index contributed by atoms with van der Waals surface area (Å²) in [5.41, 5.74) is 0.522. The number of hydrogen-bond acceptors (Lipinski definition) is 1. The first-order valence-corrected chi connectivity index (χ1v) is 6.54. The van der Waals surface area contributed by atoms with E-state index in [0.29, 0.717) is 17.4 Å². The van der Waals surface area contributed by atoms with Gasteiger partial charge >= 0.3 is 0 Å². The average Bonchev–Trinajstić information content (AvgIpc) is 2.24. The van der Waals surface area contributed by atoms with Gasteiger partial charge in [-0.05, 0) is 11.6 Å². The minimum absolute atomic E-state index is 0.00124. The number of nitrogens with zero attached hydrogens (tertiary/aromatic N) is 1. The van der Waals surface area contributed by atoms with E-state index in [2.05, 4.69) is 15.9 Å². The van der Waals surface area contributed by atoms with Crippen LogP contribution < -0.4 is 0 Å². The zero-order valence-electron chi connectivity index (χ0n) is 8.97. The van der Waals surface area contributed by atoms with Gasteiger partial charge in [-0.15, -0.1) is 0 Å². The van der Waals surface area contributed by atoms with Crippen molar-refractivity contribution in [3.63, 3.8) is 0 Å². The summed E-state index contributed by atoms with van der Waals surface area (Å²) in [4.78, 5) is 1.53. The van der Waals surface area contributed by atoms with Gasteiger partial charge in [0.25, 0.3) is 6.43 Å². The van der Waals surface area contributed by atoms with Crippen LogP contribution in [0.4, 0.5) is 13.2 Å². The minimum atomic E-state index is -2.42. The first-order chi connectivity index (χ1) is 8.04. The maximum atomic E-state index is 13.2. The Morgan fingerprint density at radius 3 is 2.65 bits per heavy atom.